The van der Waals surface area contributed by atoms with Crippen molar-refractivity contribution < 1.29 is 29.0 Å². The van der Waals surface area contributed by atoms with E-state index in [9.17, 15) is 19.5 Å². The lowest BCUT2D eigenvalue weighted by atomic mass is 9.97. The molecule has 0 aliphatic heterocycles. The Morgan fingerprint density at radius 2 is 1.59 bits per heavy atom. The maximum absolute atomic E-state index is 12.9. The second-order valence-corrected chi connectivity index (χ2v) is 8.51. The van der Waals surface area contributed by atoms with Crippen molar-refractivity contribution in [1.82, 2.24) is 10.6 Å². The van der Waals surface area contributed by atoms with E-state index in [0.717, 1.165) is 22.3 Å². The number of benzene rings is 2. The lowest BCUT2D eigenvalue weighted by molar-refractivity contribution is -0.142. The van der Waals surface area contributed by atoms with Gasteiger partial charge in [-0.1, -0.05) is 68.8 Å². The average Bonchev–Trinajstić information content (AvgIpc) is 3.16. The number of rotatable bonds is 11. The zero-order valence-corrected chi connectivity index (χ0v) is 19.7. The molecule has 0 heterocycles. The first-order valence-corrected chi connectivity index (χ1v) is 11.5. The molecule has 182 valence electrons. The van der Waals surface area contributed by atoms with Crippen LogP contribution in [0.4, 0.5) is 4.79 Å². The average molecular weight is 469 g/mol. The number of carboxylic acids is 1. The van der Waals surface area contributed by atoms with Gasteiger partial charge in [-0.05, 0) is 28.2 Å². The molecule has 34 heavy (non-hydrogen) atoms. The molecule has 2 amide bonds. The van der Waals surface area contributed by atoms with Crippen molar-refractivity contribution in [2.75, 3.05) is 20.3 Å². The van der Waals surface area contributed by atoms with Crippen molar-refractivity contribution in [2.24, 2.45) is 5.92 Å². The lowest BCUT2D eigenvalue weighted by Crippen LogP contribution is -2.54. The Kier molecular flexibility index (Phi) is 8.65. The normalized spacial score (nSPS) is 14.9. The van der Waals surface area contributed by atoms with Gasteiger partial charge in [0.05, 0.1) is 0 Å². The second kappa shape index (κ2) is 11.7. The summed E-state index contributed by atoms with van der Waals surface area (Å²) in [6, 6.07) is 14.0. The third-order valence-electron chi connectivity index (χ3n) is 6.34. The minimum atomic E-state index is -1.16. The fraction of sp³-hybridized carbons (Fsp3) is 0.423. The van der Waals surface area contributed by atoms with Gasteiger partial charge in [-0.2, -0.15) is 0 Å². The summed E-state index contributed by atoms with van der Waals surface area (Å²) >= 11 is 0. The maximum Gasteiger partial charge on any atom is 0.407 e. The number of nitrogens with one attached hydrogen (secondary N) is 2. The monoisotopic (exact) mass is 468 g/mol. The molecule has 2 aromatic carbocycles. The van der Waals surface area contributed by atoms with Crippen LogP contribution in [-0.2, 0) is 19.1 Å². The fourth-order valence-corrected chi connectivity index (χ4v) is 4.22. The number of aliphatic carboxylic acids is 1. The van der Waals surface area contributed by atoms with E-state index < -0.39 is 30.1 Å². The van der Waals surface area contributed by atoms with Gasteiger partial charge in [0.1, 0.15) is 18.7 Å². The largest absolute Gasteiger partial charge is 0.480 e. The highest BCUT2D eigenvalue weighted by atomic mass is 16.5. The molecular formula is C26H32N2O6. The maximum atomic E-state index is 12.9. The molecule has 2 unspecified atom stereocenters. The molecule has 0 saturated heterocycles. The van der Waals surface area contributed by atoms with Crippen LogP contribution in [0.15, 0.2) is 48.5 Å². The van der Waals surface area contributed by atoms with Crippen molar-refractivity contribution in [1.29, 1.82) is 0 Å². The summed E-state index contributed by atoms with van der Waals surface area (Å²) in [5.74, 6) is -2.04. The van der Waals surface area contributed by atoms with E-state index in [0.29, 0.717) is 6.42 Å². The molecule has 3 rings (SSSR count). The van der Waals surface area contributed by atoms with Gasteiger partial charge in [0.25, 0.3) is 0 Å². The Bertz CT molecular complexity index is 978. The van der Waals surface area contributed by atoms with E-state index in [1.54, 1.807) is 0 Å². The van der Waals surface area contributed by atoms with E-state index >= 15 is 0 Å². The molecule has 1 aliphatic carbocycles. The van der Waals surface area contributed by atoms with Gasteiger partial charge < -0.3 is 25.2 Å². The third kappa shape index (κ3) is 5.75. The molecule has 0 aromatic heterocycles. The van der Waals surface area contributed by atoms with E-state index in [2.05, 4.69) is 22.8 Å². The van der Waals surface area contributed by atoms with Gasteiger partial charge in [-0.15, -0.1) is 0 Å². The summed E-state index contributed by atoms with van der Waals surface area (Å²) < 4.78 is 10.5. The zero-order chi connectivity index (χ0) is 24.7. The van der Waals surface area contributed by atoms with Crippen LogP contribution in [0.3, 0.4) is 0 Å². The number of carbonyl (C=O) groups is 3. The van der Waals surface area contributed by atoms with Crippen LogP contribution in [0.5, 0.6) is 0 Å². The first-order valence-electron chi connectivity index (χ1n) is 11.5. The van der Waals surface area contributed by atoms with E-state index in [1.165, 1.54) is 7.11 Å². The van der Waals surface area contributed by atoms with Crippen molar-refractivity contribution >= 4 is 18.0 Å². The molecule has 8 heteroatoms. The molecule has 3 N–H and O–H groups in total. The molecule has 0 spiro atoms. The van der Waals surface area contributed by atoms with Crippen LogP contribution >= 0.6 is 0 Å². The number of hydrogen-bond donors (Lipinski definition) is 3. The Balaban J connectivity index is 1.66. The Morgan fingerprint density at radius 1 is 1.00 bits per heavy atom. The first-order chi connectivity index (χ1) is 16.4. The van der Waals surface area contributed by atoms with E-state index in [-0.39, 0.29) is 31.5 Å². The van der Waals surface area contributed by atoms with Crippen LogP contribution < -0.4 is 10.6 Å². The molecular weight excluding hydrogens is 436 g/mol. The molecule has 0 bridgehead atoms. The smallest absolute Gasteiger partial charge is 0.407 e. The third-order valence-corrected chi connectivity index (χ3v) is 6.34. The minimum Gasteiger partial charge on any atom is -0.480 e. The van der Waals surface area contributed by atoms with Gasteiger partial charge >= 0.3 is 12.1 Å². The van der Waals surface area contributed by atoms with Gasteiger partial charge in [0.15, 0.2) is 0 Å². The van der Waals surface area contributed by atoms with Crippen LogP contribution in [-0.4, -0.2) is 55.5 Å². The van der Waals surface area contributed by atoms with Crippen molar-refractivity contribution in [3.63, 3.8) is 0 Å². The van der Waals surface area contributed by atoms with Crippen molar-refractivity contribution in [2.45, 2.75) is 44.7 Å². The topological polar surface area (TPSA) is 114 Å². The molecule has 3 atom stereocenters. The second-order valence-electron chi connectivity index (χ2n) is 8.51. The number of fused-ring (bicyclic) bond motifs is 3. The Hall–Kier alpha value is -3.39. The molecule has 0 fully saturated rings. The number of ether oxygens (including phenoxy) is 2. The number of amides is 2. The molecule has 8 nitrogen and oxygen atoms in total. The zero-order valence-electron chi connectivity index (χ0n) is 19.7. The number of alkyl carbamates (subject to hydrolysis) is 1. The summed E-state index contributed by atoms with van der Waals surface area (Å²) in [5.41, 5.74) is 4.44. The van der Waals surface area contributed by atoms with Crippen LogP contribution in [0.2, 0.25) is 0 Å². The number of carbonyl (C=O) groups excluding carboxylic acids is 2. The quantitative estimate of drug-likeness (QED) is 0.465. The summed E-state index contributed by atoms with van der Waals surface area (Å²) in [7, 11) is 1.46. The Morgan fingerprint density at radius 3 is 2.12 bits per heavy atom. The first kappa shape index (κ1) is 25.2. The predicted molar refractivity (Wildman–Crippen MR) is 128 cm³/mol. The predicted octanol–water partition coefficient (Wildman–Crippen LogP) is 3.55. The standard InChI is InChI=1S/C26H32N2O6/c1-4-16(2)23(24(29)27-22(25(30)31)13-14-33-3)28-26(32)34-15-21-19-11-7-5-9-17(19)18-10-6-8-12-20(18)21/h5-12,16,21-23H,4,13-15H2,1-3H3,(H,27,29)(H,28,32)(H,30,31)/t16?,22?,23-/m0/s1. The van der Waals surface area contributed by atoms with Crippen molar-refractivity contribution in [3.05, 3.63) is 59.7 Å². The Labute approximate surface area is 199 Å². The highest BCUT2D eigenvalue weighted by molar-refractivity contribution is 5.89. The number of carboxylic acid groups (broad SMARTS) is 1. The van der Waals surface area contributed by atoms with E-state index in [4.69, 9.17) is 9.47 Å². The summed E-state index contributed by atoms with van der Waals surface area (Å²) in [4.78, 5) is 37.1. The number of hydrogen-bond acceptors (Lipinski definition) is 5. The molecule has 0 radical (unpaired) electrons. The molecule has 1 aliphatic rings. The van der Waals surface area contributed by atoms with Crippen molar-refractivity contribution in [3.8, 4) is 11.1 Å². The lowest BCUT2D eigenvalue weighted by Gasteiger charge is -2.25. The SMILES string of the molecule is CCC(C)[C@H](NC(=O)OCC1c2ccccc2-c2ccccc21)C(=O)NC(CCOC)C(=O)O. The van der Waals surface area contributed by atoms with Crippen LogP contribution in [0.1, 0.15) is 43.7 Å². The molecule has 0 saturated carbocycles. The fourth-order valence-electron chi connectivity index (χ4n) is 4.22. The highest BCUT2D eigenvalue weighted by Crippen LogP contribution is 2.44. The van der Waals surface area contributed by atoms with Gasteiger partial charge in [-0.3, -0.25) is 4.79 Å². The van der Waals surface area contributed by atoms with E-state index in [1.807, 2.05) is 50.2 Å². The summed E-state index contributed by atoms with van der Waals surface area (Å²) in [5, 5.41) is 14.5. The number of methoxy groups -OCH3 is 1. The van der Waals surface area contributed by atoms with Gasteiger partial charge in [0.2, 0.25) is 5.91 Å². The minimum absolute atomic E-state index is 0.0977. The van der Waals surface area contributed by atoms with Crippen LogP contribution in [0, 0.1) is 5.92 Å². The van der Waals surface area contributed by atoms with Gasteiger partial charge in [-0.25, -0.2) is 9.59 Å². The summed E-state index contributed by atoms with van der Waals surface area (Å²) in [6.07, 6.45) is 0.0129. The van der Waals surface area contributed by atoms with Gasteiger partial charge in [0, 0.05) is 26.1 Å². The summed E-state index contributed by atoms with van der Waals surface area (Å²) in [6.45, 7) is 4.02. The highest BCUT2D eigenvalue weighted by Gasteiger charge is 2.32. The van der Waals surface area contributed by atoms with Crippen LogP contribution in [0.25, 0.3) is 11.1 Å². The molecule has 2 aromatic rings.